The zero-order valence-electron chi connectivity index (χ0n) is 11.0. The predicted molar refractivity (Wildman–Crippen MR) is 72.4 cm³/mol. The molecule has 21 heavy (non-hydrogen) atoms. The van der Waals surface area contributed by atoms with Crippen molar-refractivity contribution >= 4 is 17.6 Å². The van der Waals surface area contributed by atoms with Crippen LogP contribution in [0.3, 0.4) is 0 Å². The highest BCUT2D eigenvalue weighted by Crippen LogP contribution is 2.19. The number of carbonyl (C=O) groups is 2. The van der Waals surface area contributed by atoms with Crippen LogP contribution in [0.2, 0.25) is 0 Å². The molecule has 2 aromatic carbocycles. The molecule has 0 saturated heterocycles. The van der Waals surface area contributed by atoms with Gasteiger partial charge in [-0.25, -0.2) is 13.6 Å². The van der Waals surface area contributed by atoms with Gasteiger partial charge in [-0.3, -0.25) is 4.79 Å². The molecule has 4 nitrogen and oxygen atoms in total. The van der Waals surface area contributed by atoms with Gasteiger partial charge in [0.2, 0.25) is 0 Å². The van der Waals surface area contributed by atoms with Crippen LogP contribution in [0.4, 0.5) is 14.5 Å². The van der Waals surface area contributed by atoms with Gasteiger partial charge in [-0.1, -0.05) is 11.6 Å². The van der Waals surface area contributed by atoms with Crippen LogP contribution < -0.4 is 5.32 Å². The first-order valence-corrected chi connectivity index (χ1v) is 5.99. The van der Waals surface area contributed by atoms with Crippen molar-refractivity contribution in [1.82, 2.24) is 0 Å². The molecule has 0 saturated carbocycles. The summed E-state index contributed by atoms with van der Waals surface area (Å²) in [6, 6.07) is 6.84. The van der Waals surface area contributed by atoms with E-state index in [1.807, 2.05) is 0 Å². The molecule has 0 fully saturated rings. The van der Waals surface area contributed by atoms with Crippen molar-refractivity contribution in [2.75, 3.05) is 5.32 Å². The first-order valence-electron chi connectivity index (χ1n) is 5.99. The summed E-state index contributed by atoms with van der Waals surface area (Å²) in [5.41, 5.74) is 0.0937. The number of aryl methyl sites for hydroxylation is 1. The molecule has 0 unspecified atom stereocenters. The molecule has 0 atom stereocenters. The van der Waals surface area contributed by atoms with Crippen molar-refractivity contribution in [2.45, 2.75) is 6.92 Å². The third-order valence-corrected chi connectivity index (χ3v) is 2.83. The fourth-order valence-corrected chi connectivity index (χ4v) is 1.81. The lowest BCUT2D eigenvalue weighted by Crippen LogP contribution is -2.16. The molecule has 2 aromatic rings. The summed E-state index contributed by atoms with van der Waals surface area (Å²) in [4.78, 5) is 23.1. The lowest BCUT2D eigenvalue weighted by Gasteiger charge is -2.10. The van der Waals surface area contributed by atoms with Crippen LogP contribution in [-0.4, -0.2) is 17.0 Å². The summed E-state index contributed by atoms with van der Waals surface area (Å²) in [5, 5.41) is 11.4. The predicted octanol–water partition coefficient (Wildman–Crippen LogP) is 3.22. The number of hydrogen-bond acceptors (Lipinski definition) is 2. The number of hydrogen-bond donors (Lipinski definition) is 2. The highest BCUT2D eigenvalue weighted by atomic mass is 19.1. The molecule has 1 amide bonds. The third-order valence-electron chi connectivity index (χ3n) is 2.83. The number of carboxylic acids is 1. The Morgan fingerprint density at radius 1 is 1.05 bits per heavy atom. The first kappa shape index (κ1) is 14.6. The van der Waals surface area contributed by atoms with Gasteiger partial charge in [-0.05, 0) is 37.3 Å². The normalized spacial score (nSPS) is 10.2. The summed E-state index contributed by atoms with van der Waals surface area (Å²) in [7, 11) is 0. The number of halogens is 2. The fraction of sp³-hybridized carbons (Fsp3) is 0.0667. The molecule has 108 valence electrons. The van der Waals surface area contributed by atoms with Gasteiger partial charge in [0.15, 0.2) is 0 Å². The first-order chi connectivity index (χ1) is 9.88. The molecular weight excluding hydrogens is 280 g/mol. The molecule has 0 radical (unpaired) electrons. The smallest absolute Gasteiger partial charge is 0.337 e. The summed E-state index contributed by atoms with van der Waals surface area (Å²) in [5.74, 6) is -3.80. The Labute approximate surface area is 119 Å². The molecule has 0 bridgehead atoms. The Hall–Kier alpha value is -2.76. The van der Waals surface area contributed by atoms with Crippen molar-refractivity contribution < 1.29 is 23.5 Å². The molecule has 2 N–H and O–H groups in total. The fourth-order valence-electron chi connectivity index (χ4n) is 1.81. The SMILES string of the molecule is Cc1ccc(NC(=O)c2cc(F)ccc2F)c(C(=O)O)c1. The van der Waals surface area contributed by atoms with Crippen LogP contribution in [0, 0.1) is 18.6 Å². The van der Waals surface area contributed by atoms with Crippen molar-refractivity contribution in [1.29, 1.82) is 0 Å². The maximum absolute atomic E-state index is 13.5. The Morgan fingerprint density at radius 3 is 2.43 bits per heavy atom. The van der Waals surface area contributed by atoms with Gasteiger partial charge in [0.1, 0.15) is 11.6 Å². The minimum atomic E-state index is -1.23. The Morgan fingerprint density at radius 2 is 1.76 bits per heavy atom. The Balaban J connectivity index is 2.36. The number of anilines is 1. The van der Waals surface area contributed by atoms with Gasteiger partial charge in [0, 0.05) is 0 Å². The molecule has 6 heteroatoms. The van der Waals surface area contributed by atoms with E-state index in [4.69, 9.17) is 5.11 Å². The lowest BCUT2D eigenvalue weighted by atomic mass is 10.1. The molecular formula is C15H11F2NO3. The minimum Gasteiger partial charge on any atom is -0.478 e. The second kappa shape index (κ2) is 5.70. The van der Waals surface area contributed by atoms with Crippen LogP contribution in [0.5, 0.6) is 0 Å². The quantitative estimate of drug-likeness (QED) is 0.912. The summed E-state index contributed by atoms with van der Waals surface area (Å²) >= 11 is 0. The summed E-state index contributed by atoms with van der Waals surface area (Å²) in [6.45, 7) is 1.70. The average molecular weight is 291 g/mol. The minimum absolute atomic E-state index is 0.0155. The maximum Gasteiger partial charge on any atom is 0.337 e. The average Bonchev–Trinajstić information content (AvgIpc) is 2.43. The number of benzene rings is 2. The zero-order chi connectivity index (χ0) is 15.6. The van der Waals surface area contributed by atoms with Crippen LogP contribution in [0.25, 0.3) is 0 Å². The van der Waals surface area contributed by atoms with Crippen molar-refractivity contribution in [3.63, 3.8) is 0 Å². The van der Waals surface area contributed by atoms with E-state index >= 15 is 0 Å². The molecule has 0 aromatic heterocycles. The van der Waals surface area contributed by atoms with Gasteiger partial charge in [0.25, 0.3) is 5.91 Å². The zero-order valence-corrected chi connectivity index (χ0v) is 11.0. The van der Waals surface area contributed by atoms with E-state index in [9.17, 15) is 18.4 Å². The molecule has 0 aliphatic carbocycles. The lowest BCUT2D eigenvalue weighted by molar-refractivity contribution is 0.0698. The van der Waals surface area contributed by atoms with E-state index < -0.39 is 29.1 Å². The van der Waals surface area contributed by atoms with Gasteiger partial charge >= 0.3 is 5.97 Å². The standard InChI is InChI=1S/C15H11F2NO3/c1-8-2-5-13(11(6-8)15(20)21)18-14(19)10-7-9(16)3-4-12(10)17/h2-7H,1H3,(H,18,19)(H,20,21). The number of aromatic carboxylic acids is 1. The second-order valence-corrected chi connectivity index (χ2v) is 4.43. The highest BCUT2D eigenvalue weighted by molar-refractivity contribution is 6.07. The van der Waals surface area contributed by atoms with Gasteiger partial charge in [-0.15, -0.1) is 0 Å². The molecule has 2 rings (SSSR count). The third kappa shape index (κ3) is 3.22. The molecule has 0 heterocycles. The second-order valence-electron chi connectivity index (χ2n) is 4.43. The van der Waals surface area contributed by atoms with E-state index in [0.717, 1.165) is 18.2 Å². The van der Waals surface area contributed by atoms with Crippen molar-refractivity contribution in [3.05, 3.63) is 64.7 Å². The van der Waals surface area contributed by atoms with E-state index in [2.05, 4.69) is 5.32 Å². The Bertz CT molecular complexity index is 729. The Kier molecular flexibility index (Phi) is 3.98. The van der Waals surface area contributed by atoms with E-state index in [1.54, 1.807) is 13.0 Å². The molecule has 0 spiro atoms. The number of rotatable bonds is 3. The highest BCUT2D eigenvalue weighted by Gasteiger charge is 2.17. The maximum atomic E-state index is 13.5. The number of amides is 1. The van der Waals surface area contributed by atoms with Crippen LogP contribution in [-0.2, 0) is 0 Å². The largest absolute Gasteiger partial charge is 0.478 e. The summed E-state index contributed by atoms with van der Waals surface area (Å²) < 4.78 is 26.6. The molecule has 0 aliphatic heterocycles. The van der Waals surface area contributed by atoms with Crippen molar-refractivity contribution in [3.8, 4) is 0 Å². The van der Waals surface area contributed by atoms with Gasteiger partial charge < -0.3 is 10.4 Å². The van der Waals surface area contributed by atoms with Gasteiger partial charge in [-0.2, -0.15) is 0 Å². The summed E-state index contributed by atoms with van der Waals surface area (Å²) in [6.07, 6.45) is 0. The van der Waals surface area contributed by atoms with E-state index in [1.165, 1.54) is 12.1 Å². The number of nitrogens with one attached hydrogen (secondary N) is 1. The molecule has 0 aliphatic rings. The number of carbonyl (C=O) groups excluding carboxylic acids is 1. The van der Waals surface area contributed by atoms with E-state index in [0.29, 0.717) is 5.56 Å². The number of carboxylic acid groups (broad SMARTS) is 1. The van der Waals surface area contributed by atoms with E-state index in [-0.39, 0.29) is 11.3 Å². The monoisotopic (exact) mass is 291 g/mol. The van der Waals surface area contributed by atoms with Crippen LogP contribution >= 0.6 is 0 Å². The van der Waals surface area contributed by atoms with Crippen molar-refractivity contribution in [2.24, 2.45) is 0 Å². The van der Waals surface area contributed by atoms with Crippen LogP contribution in [0.15, 0.2) is 36.4 Å². The topological polar surface area (TPSA) is 66.4 Å². The van der Waals surface area contributed by atoms with Crippen LogP contribution in [0.1, 0.15) is 26.3 Å². The van der Waals surface area contributed by atoms with Gasteiger partial charge in [0.05, 0.1) is 16.8 Å².